The number of aryl methyl sites for hydroxylation is 2. The van der Waals surface area contributed by atoms with Crippen LogP contribution < -0.4 is 10.6 Å². The molecule has 10 heteroatoms. The van der Waals surface area contributed by atoms with Crippen LogP contribution in [0, 0.1) is 13.8 Å². The molecular weight excluding hydrogens is 440 g/mol. The van der Waals surface area contributed by atoms with Gasteiger partial charge in [0.1, 0.15) is 0 Å². The molecule has 0 aliphatic carbocycles. The van der Waals surface area contributed by atoms with E-state index < -0.39 is 24.5 Å². The van der Waals surface area contributed by atoms with E-state index >= 15 is 0 Å². The maximum atomic E-state index is 12.3. The number of hydrogen-bond donors (Lipinski definition) is 2. The fraction of sp³-hybridized carbons (Fsp3) is 0.292. The van der Waals surface area contributed by atoms with Crippen molar-refractivity contribution in [2.24, 2.45) is 0 Å². The molecule has 34 heavy (non-hydrogen) atoms. The van der Waals surface area contributed by atoms with E-state index in [4.69, 9.17) is 4.74 Å². The third-order valence-electron chi connectivity index (χ3n) is 5.35. The zero-order chi connectivity index (χ0) is 24.8. The first-order chi connectivity index (χ1) is 16.2. The molecule has 1 aliphatic heterocycles. The normalized spacial score (nSPS) is 12.9. The SMILES string of the molecule is Cc1cccc(C)c1NC(=O)CN(C)C(=O)COC(=O)c1ccc(CN2C(=O)CNC2=O)cc1. The van der Waals surface area contributed by atoms with Crippen LogP contribution in [0.15, 0.2) is 42.5 Å². The van der Waals surface area contributed by atoms with Crippen molar-refractivity contribution in [3.63, 3.8) is 0 Å². The number of para-hydroxylation sites is 1. The van der Waals surface area contributed by atoms with E-state index in [0.29, 0.717) is 11.3 Å². The number of benzene rings is 2. The summed E-state index contributed by atoms with van der Waals surface area (Å²) in [7, 11) is 1.45. The average Bonchev–Trinajstić information content (AvgIpc) is 3.12. The Labute approximate surface area is 196 Å². The summed E-state index contributed by atoms with van der Waals surface area (Å²) in [5, 5.41) is 5.24. The van der Waals surface area contributed by atoms with Gasteiger partial charge in [-0.15, -0.1) is 0 Å². The van der Waals surface area contributed by atoms with Gasteiger partial charge in [-0.2, -0.15) is 0 Å². The van der Waals surface area contributed by atoms with Crippen LogP contribution in [0.1, 0.15) is 27.0 Å². The number of carbonyl (C=O) groups is 5. The van der Waals surface area contributed by atoms with Crippen molar-refractivity contribution in [1.29, 1.82) is 0 Å². The molecule has 1 heterocycles. The van der Waals surface area contributed by atoms with Gasteiger partial charge in [0.25, 0.3) is 5.91 Å². The minimum Gasteiger partial charge on any atom is -0.452 e. The number of nitrogens with one attached hydrogen (secondary N) is 2. The predicted octanol–water partition coefficient (Wildman–Crippen LogP) is 1.61. The highest BCUT2D eigenvalue weighted by Crippen LogP contribution is 2.19. The Morgan fingerprint density at radius 3 is 2.29 bits per heavy atom. The van der Waals surface area contributed by atoms with Crippen LogP contribution in [0.2, 0.25) is 0 Å². The number of nitrogens with zero attached hydrogens (tertiary/aromatic N) is 2. The summed E-state index contributed by atoms with van der Waals surface area (Å²) in [6.45, 7) is 3.11. The molecule has 0 radical (unpaired) electrons. The highest BCUT2D eigenvalue weighted by molar-refractivity contribution is 6.02. The maximum Gasteiger partial charge on any atom is 0.338 e. The lowest BCUT2D eigenvalue weighted by molar-refractivity contribution is -0.136. The molecule has 5 amide bonds. The standard InChI is InChI=1S/C24H26N4O6/c1-15-5-4-6-16(2)22(15)26-19(29)13-27(3)21(31)14-34-23(32)18-9-7-17(8-10-18)12-28-20(30)11-25-24(28)33/h4-10H,11-14H2,1-3H3,(H,25,33)(H,26,29). The van der Waals surface area contributed by atoms with E-state index in [1.807, 2.05) is 32.0 Å². The predicted molar refractivity (Wildman–Crippen MR) is 123 cm³/mol. The van der Waals surface area contributed by atoms with Crippen LogP contribution in [-0.2, 0) is 25.7 Å². The third kappa shape index (κ3) is 5.97. The molecule has 0 aromatic heterocycles. The van der Waals surface area contributed by atoms with Gasteiger partial charge in [-0.25, -0.2) is 9.59 Å². The summed E-state index contributed by atoms with van der Waals surface area (Å²) in [6, 6.07) is 11.4. The van der Waals surface area contributed by atoms with Crippen molar-refractivity contribution in [1.82, 2.24) is 15.1 Å². The minimum atomic E-state index is -0.705. The molecule has 0 atom stereocenters. The van der Waals surface area contributed by atoms with Crippen LogP contribution in [0.5, 0.6) is 0 Å². The van der Waals surface area contributed by atoms with Gasteiger partial charge in [-0.1, -0.05) is 30.3 Å². The Bertz CT molecular complexity index is 1090. The van der Waals surface area contributed by atoms with Crippen molar-refractivity contribution in [2.45, 2.75) is 20.4 Å². The first-order valence-electron chi connectivity index (χ1n) is 10.6. The molecule has 2 aromatic carbocycles. The highest BCUT2D eigenvalue weighted by Gasteiger charge is 2.28. The van der Waals surface area contributed by atoms with Crippen molar-refractivity contribution in [3.8, 4) is 0 Å². The summed E-state index contributed by atoms with van der Waals surface area (Å²) in [6.07, 6.45) is 0. The van der Waals surface area contributed by atoms with Gasteiger partial charge in [-0.05, 0) is 42.7 Å². The van der Waals surface area contributed by atoms with Crippen LogP contribution >= 0.6 is 0 Å². The largest absolute Gasteiger partial charge is 0.452 e. The number of carbonyl (C=O) groups excluding carboxylic acids is 5. The molecule has 0 bridgehead atoms. The molecule has 2 aromatic rings. The first kappa shape index (κ1) is 24.4. The van der Waals surface area contributed by atoms with E-state index in [-0.39, 0.29) is 37.0 Å². The summed E-state index contributed by atoms with van der Waals surface area (Å²) in [4.78, 5) is 62.4. The number of imide groups is 1. The van der Waals surface area contributed by atoms with Crippen molar-refractivity contribution in [2.75, 3.05) is 32.1 Å². The molecule has 1 aliphatic rings. The van der Waals surface area contributed by atoms with Gasteiger partial charge in [0.05, 0.1) is 25.2 Å². The second-order valence-electron chi connectivity index (χ2n) is 7.98. The maximum absolute atomic E-state index is 12.3. The Morgan fingerprint density at radius 2 is 1.71 bits per heavy atom. The zero-order valence-corrected chi connectivity index (χ0v) is 19.2. The zero-order valence-electron chi connectivity index (χ0n) is 19.2. The van der Waals surface area contributed by atoms with Gasteiger partial charge in [0, 0.05) is 12.7 Å². The van der Waals surface area contributed by atoms with E-state index in [0.717, 1.165) is 16.0 Å². The number of rotatable bonds is 8. The fourth-order valence-corrected chi connectivity index (χ4v) is 3.36. The van der Waals surface area contributed by atoms with Gasteiger partial charge in [0.2, 0.25) is 11.8 Å². The first-order valence-corrected chi connectivity index (χ1v) is 10.6. The number of hydrogen-bond acceptors (Lipinski definition) is 6. The Hall–Kier alpha value is -4.21. The van der Waals surface area contributed by atoms with E-state index in [9.17, 15) is 24.0 Å². The number of ether oxygens (including phenoxy) is 1. The minimum absolute atomic E-state index is 0.0289. The smallest absolute Gasteiger partial charge is 0.338 e. The Kier molecular flexibility index (Phi) is 7.62. The van der Waals surface area contributed by atoms with Crippen molar-refractivity contribution >= 4 is 35.4 Å². The van der Waals surface area contributed by atoms with Gasteiger partial charge in [0.15, 0.2) is 6.61 Å². The number of amides is 5. The number of esters is 1. The van der Waals surface area contributed by atoms with Crippen LogP contribution in [0.3, 0.4) is 0 Å². The molecule has 0 spiro atoms. The lowest BCUT2D eigenvalue weighted by atomic mass is 10.1. The fourth-order valence-electron chi connectivity index (χ4n) is 3.36. The topological polar surface area (TPSA) is 125 Å². The molecule has 0 unspecified atom stereocenters. The molecule has 10 nitrogen and oxygen atoms in total. The van der Waals surface area contributed by atoms with Crippen LogP contribution in [-0.4, -0.2) is 66.3 Å². The molecular formula is C24H26N4O6. The molecule has 178 valence electrons. The van der Waals surface area contributed by atoms with E-state index in [1.165, 1.54) is 24.1 Å². The lowest BCUT2D eigenvalue weighted by Gasteiger charge is -2.18. The van der Waals surface area contributed by atoms with Gasteiger partial charge < -0.3 is 20.3 Å². The Balaban J connectivity index is 1.47. The molecule has 1 fully saturated rings. The molecule has 2 N–H and O–H groups in total. The summed E-state index contributed by atoms with van der Waals surface area (Å²) < 4.78 is 5.07. The lowest BCUT2D eigenvalue weighted by Crippen LogP contribution is -2.37. The van der Waals surface area contributed by atoms with Gasteiger partial charge >= 0.3 is 12.0 Å². The monoisotopic (exact) mass is 466 g/mol. The van der Waals surface area contributed by atoms with E-state index in [2.05, 4.69) is 10.6 Å². The van der Waals surface area contributed by atoms with Crippen molar-refractivity contribution in [3.05, 3.63) is 64.7 Å². The number of likely N-dealkylation sites (N-methyl/N-ethyl adjacent to an activating group) is 1. The second-order valence-corrected chi connectivity index (χ2v) is 7.98. The van der Waals surface area contributed by atoms with E-state index in [1.54, 1.807) is 12.1 Å². The highest BCUT2D eigenvalue weighted by atomic mass is 16.5. The van der Waals surface area contributed by atoms with Gasteiger partial charge in [-0.3, -0.25) is 19.3 Å². The summed E-state index contributed by atoms with van der Waals surface area (Å²) in [5.41, 5.74) is 3.41. The van der Waals surface area contributed by atoms with Crippen LogP contribution in [0.4, 0.5) is 10.5 Å². The molecule has 3 rings (SSSR count). The molecule has 1 saturated heterocycles. The summed E-state index contributed by atoms with van der Waals surface area (Å²) in [5.74, 6) is -1.91. The quantitative estimate of drug-likeness (QED) is 0.450. The molecule has 0 saturated carbocycles. The average molecular weight is 466 g/mol. The number of urea groups is 1. The second kappa shape index (κ2) is 10.6. The Morgan fingerprint density at radius 1 is 1.06 bits per heavy atom. The number of anilines is 1. The summed E-state index contributed by atoms with van der Waals surface area (Å²) >= 11 is 0. The third-order valence-corrected chi connectivity index (χ3v) is 5.35. The van der Waals surface area contributed by atoms with Crippen LogP contribution in [0.25, 0.3) is 0 Å². The van der Waals surface area contributed by atoms with Crippen molar-refractivity contribution < 1.29 is 28.7 Å².